The van der Waals surface area contributed by atoms with Crippen molar-refractivity contribution < 1.29 is 9.18 Å². The van der Waals surface area contributed by atoms with Crippen molar-refractivity contribution in [3.8, 4) is 0 Å². The van der Waals surface area contributed by atoms with Gasteiger partial charge in [0.1, 0.15) is 16.9 Å². The minimum Gasteiger partial charge on any atom is -0.350 e. The summed E-state index contributed by atoms with van der Waals surface area (Å²) < 4.78 is 15.1. The predicted octanol–water partition coefficient (Wildman–Crippen LogP) is 3.76. The maximum absolute atomic E-state index is 15.1. The molecule has 35 heavy (non-hydrogen) atoms. The number of pyridine rings is 1. The van der Waals surface area contributed by atoms with E-state index < -0.39 is 5.82 Å². The summed E-state index contributed by atoms with van der Waals surface area (Å²) in [7, 11) is 0. The topological polar surface area (TPSA) is 91.0 Å². The van der Waals surface area contributed by atoms with Crippen molar-refractivity contribution in [1.82, 2.24) is 25.2 Å². The number of aryl methyl sites for hydroxylation is 2. The summed E-state index contributed by atoms with van der Waals surface area (Å²) in [4.78, 5) is 38.1. The molecule has 8 heteroatoms. The van der Waals surface area contributed by atoms with Crippen LogP contribution < -0.4 is 10.9 Å². The second kappa shape index (κ2) is 9.70. The van der Waals surface area contributed by atoms with Crippen molar-refractivity contribution in [2.75, 3.05) is 19.6 Å². The minimum atomic E-state index is -0.417. The molecule has 3 aromatic rings. The summed E-state index contributed by atoms with van der Waals surface area (Å²) in [6, 6.07) is 7.29. The van der Waals surface area contributed by atoms with Gasteiger partial charge in [0, 0.05) is 37.4 Å². The maximum Gasteiger partial charge on any atom is 0.270 e. The second-order valence-electron chi connectivity index (χ2n) is 9.50. The number of H-pyrrole nitrogens is 1. The molecule has 1 amide bonds. The first-order chi connectivity index (χ1) is 16.9. The first kappa shape index (κ1) is 23.4. The van der Waals surface area contributed by atoms with Crippen LogP contribution in [0.15, 0.2) is 35.1 Å². The number of nitrogens with zero attached hydrogens (tertiary/aromatic N) is 3. The molecule has 1 aliphatic heterocycles. The Labute approximate surface area is 203 Å². The molecular formula is C27H30FN5O2. The van der Waals surface area contributed by atoms with Gasteiger partial charge in [0.15, 0.2) is 5.82 Å². The number of halogens is 1. The van der Waals surface area contributed by atoms with E-state index in [0.29, 0.717) is 47.9 Å². The van der Waals surface area contributed by atoms with Gasteiger partial charge in [-0.15, -0.1) is 0 Å². The second-order valence-corrected chi connectivity index (χ2v) is 9.50. The lowest BCUT2D eigenvalue weighted by molar-refractivity contribution is 0.0946. The van der Waals surface area contributed by atoms with Crippen LogP contribution in [0.25, 0.3) is 16.6 Å². The zero-order valence-electron chi connectivity index (χ0n) is 20.2. The van der Waals surface area contributed by atoms with Gasteiger partial charge in [0.05, 0.1) is 5.52 Å². The number of hydrogen-bond donors (Lipinski definition) is 2. The third kappa shape index (κ3) is 5.03. The third-order valence-corrected chi connectivity index (χ3v) is 6.89. The molecule has 0 spiro atoms. The van der Waals surface area contributed by atoms with E-state index in [1.165, 1.54) is 18.4 Å². The van der Waals surface area contributed by atoms with Gasteiger partial charge in [0.2, 0.25) is 0 Å². The van der Waals surface area contributed by atoms with Gasteiger partial charge in [-0.05, 0) is 61.8 Å². The lowest BCUT2D eigenvalue weighted by Gasteiger charge is -2.27. The van der Waals surface area contributed by atoms with Crippen molar-refractivity contribution in [3.63, 3.8) is 0 Å². The van der Waals surface area contributed by atoms with E-state index in [9.17, 15) is 9.59 Å². The first-order valence-corrected chi connectivity index (χ1v) is 12.3. The van der Waals surface area contributed by atoms with E-state index in [4.69, 9.17) is 0 Å². The van der Waals surface area contributed by atoms with E-state index in [2.05, 4.69) is 31.2 Å². The highest BCUT2D eigenvalue weighted by molar-refractivity contribution is 5.92. The lowest BCUT2D eigenvalue weighted by Crippen LogP contribution is -2.29. The Morgan fingerprint density at radius 2 is 2.06 bits per heavy atom. The van der Waals surface area contributed by atoms with Crippen LogP contribution in [-0.2, 0) is 13.0 Å². The molecule has 1 fully saturated rings. The molecule has 1 saturated carbocycles. The SMILES string of the molecule is CCc1nc2ccc(CN3CC=C(c4ccc(C(=O)NCC5CC5)nc4C)CC3)c(F)c2[nH]c1=O. The van der Waals surface area contributed by atoms with Gasteiger partial charge >= 0.3 is 0 Å². The van der Waals surface area contributed by atoms with Crippen LogP contribution in [0, 0.1) is 18.7 Å². The van der Waals surface area contributed by atoms with Gasteiger partial charge in [-0.1, -0.05) is 25.1 Å². The van der Waals surface area contributed by atoms with Crippen LogP contribution in [0.2, 0.25) is 0 Å². The molecule has 0 unspecified atom stereocenters. The summed E-state index contributed by atoms with van der Waals surface area (Å²) in [6.45, 7) is 6.41. The zero-order valence-corrected chi connectivity index (χ0v) is 20.2. The fraction of sp³-hybridized carbons (Fsp3) is 0.407. The molecule has 2 aromatic heterocycles. The number of carbonyl (C=O) groups is 1. The van der Waals surface area contributed by atoms with E-state index in [1.54, 1.807) is 18.2 Å². The van der Waals surface area contributed by atoms with E-state index in [0.717, 1.165) is 30.8 Å². The summed E-state index contributed by atoms with van der Waals surface area (Å²) in [5.41, 5.74) is 4.79. The number of aromatic amines is 1. The van der Waals surface area contributed by atoms with Gasteiger partial charge in [-0.2, -0.15) is 0 Å². The monoisotopic (exact) mass is 475 g/mol. The number of aromatic nitrogens is 3. The van der Waals surface area contributed by atoms with Crippen LogP contribution in [-0.4, -0.2) is 45.4 Å². The quantitative estimate of drug-likeness (QED) is 0.543. The first-order valence-electron chi connectivity index (χ1n) is 12.3. The maximum atomic E-state index is 15.1. The normalized spacial score (nSPS) is 16.4. The molecule has 1 aromatic carbocycles. The van der Waals surface area contributed by atoms with Crippen molar-refractivity contribution in [2.24, 2.45) is 5.92 Å². The van der Waals surface area contributed by atoms with Crippen molar-refractivity contribution in [1.29, 1.82) is 0 Å². The highest BCUT2D eigenvalue weighted by atomic mass is 19.1. The highest BCUT2D eigenvalue weighted by Gasteiger charge is 2.23. The van der Waals surface area contributed by atoms with E-state index >= 15 is 4.39 Å². The smallest absolute Gasteiger partial charge is 0.270 e. The predicted molar refractivity (Wildman–Crippen MR) is 134 cm³/mol. The third-order valence-electron chi connectivity index (χ3n) is 6.89. The minimum absolute atomic E-state index is 0.116. The summed E-state index contributed by atoms with van der Waals surface area (Å²) in [5.74, 6) is 0.0981. The Kier molecular flexibility index (Phi) is 6.47. The molecule has 0 atom stereocenters. The molecule has 182 valence electrons. The van der Waals surface area contributed by atoms with E-state index in [-0.39, 0.29) is 17.0 Å². The summed E-state index contributed by atoms with van der Waals surface area (Å²) in [6.07, 6.45) is 5.85. The van der Waals surface area contributed by atoms with Gasteiger partial charge in [-0.25, -0.2) is 14.4 Å². The summed E-state index contributed by atoms with van der Waals surface area (Å²) in [5, 5.41) is 2.96. The van der Waals surface area contributed by atoms with Crippen LogP contribution in [0.5, 0.6) is 0 Å². The largest absolute Gasteiger partial charge is 0.350 e. The Morgan fingerprint density at radius 1 is 1.23 bits per heavy atom. The highest BCUT2D eigenvalue weighted by Crippen LogP contribution is 2.28. The molecule has 2 aliphatic rings. The Balaban J connectivity index is 1.27. The molecule has 0 saturated heterocycles. The molecule has 2 N–H and O–H groups in total. The van der Waals surface area contributed by atoms with Gasteiger partial charge < -0.3 is 10.3 Å². The molecule has 3 heterocycles. The standard InChI is InChI=1S/C27H30FN5O2/c1-3-21-27(35)32-25-22(31-21)8-6-19(24(25)28)15-33-12-10-18(11-13-33)20-7-9-23(30-16(20)2)26(34)29-14-17-4-5-17/h6-10,17H,3-5,11-15H2,1-2H3,(H,29,34)(H,32,35). The molecule has 7 nitrogen and oxygen atoms in total. The number of benzene rings is 1. The zero-order chi connectivity index (χ0) is 24.5. The number of rotatable bonds is 7. The van der Waals surface area contributed by atoms with Crippen molar-refractivity contribution in [3.05, 3.63) is 74.7 Å². The Morgan fingerprint density at radius 3 is 2.74 bits per heavy atom. The number of nitrogens with one attached hydrogen (secondary N) is 2. The van der Waals surface area contributed by atoms with Gasteiger partial charge in [-0.3, -0.25) is 14.5 Å². The fourth-order valence-corrected chi connectivity index (χ4v) is 4.58. The molecule has 0 bridgehead atoms. The average Bonchev–Trinajstić information content (AvgIpc) is 3.69. The lowest BCUT2D eigenvalue weighted by atomic mass is 9.97. The number of carbonyl (C=O) groups excluding carboxylic acids is 1. The van der Waals surface area contributed by atoms with Crippen molar-refractivity contribution in [2.45, 2.75) is 46.1 Å². The Bertz CT molecular complexity index is 1380. The van der Waals surface area contributed by atoms with Gasteiger partial charge in [0.25, 0.3) is 11.5 Å². The average molecular weight is 476 g/mol. The number of amides is 1. The molecular weight excluding hydrogens is 445 g/mol. The van der Waals surface area contributed by atoms with E-state index in [1.807, 2.05) is 19.9 Å². The Hall–Kier alpha value is -3.39. The molecule has 0 radical (unpaired) electrons. The number of hydrogen-bond acceptors (Lipinski definition) is 5. The van der Waals surface area contributed by atoms with Crippen LogP contribution in [0.4, 0.5) is 4.39 Å². The molecule has 5 rings (SSSR count). The number of fused-ring (bicyclic) bond motifs is 1. The van der Waals surface area contributed by atoms with Crippen molar-refractivity contribution >= 4 is 22.5 Å². The fourth-order valence-electron chi connectivity index (χ4n) is 4.58. The molecule has 1 aliphatic carbocycles. The van der Waals surface area contributed by atoms with Crippen LogP contribution in [0.3, 0.4) is 0 Å². The van der Waals surface area contributed by atoms with Crippen LogP contribution >= 0.6 is 0 Å². The summed E-state index contributed by atoms with van der Waals surface area (Å²) >= 11 is 0. The van der Waals surface area contributed by atoms with Crippen LogP contribution in [0.1, 0.15) is 59.2 Å².